The van der Waals surface area contributed by atoms with Gasteiger partial charge in [0, 0.05) is 33.2 Å². The van der Waals surface area contributed by atoms with Crippen LogP contribution < -0.4 is 0 Å². The average molecular weight is 627 g/mol. The van der Waals surface area contributed by atoms with E-state index in [2.05, 4.69) is 150 Å². The Labute approximate surface area is 284 Å². The van der Waals surface area contributed by atoms with Crippen LogP contribution in [0.25, 0.3) is 83.9 Å². The quantitative estimate of drug-likeness (QED) is 0.184. The van der Waals surface area contributed by atoms with Crippen molar-refractivity contribution in [3.05, 3.63) is 182 Å². The van der Waals surface area contributed by atoms with E-state index in [9.17, 15) is 0 Å². The zero-order chi connectivity index (χ0) is 32.6. The normalized spacial score (nSPS) is 11.3. The van der Waals surface area contributed by atoms with Crippen molar-refractivity contribution < 1.29 is 0 Å². The van der Waals surface area contributed by atoms with Crippen molar-refractivity contribution in [2.75, 3.05) is 0 Å². The fourth-order valence-corrected chi connectivity index (χ4v) is 6.64. The maximum atomic E-state index is 5.04. The SMILES string of the molecule is c1ccc(-c2cccc(-c3nc(-c4ccccc4)nc(-c4ccc(-n5c6ccccc6c6ccc(-c7ccccc7)cc65)cc4)n3)c2)cc1. The minimum atomic E-state index is 0.633. The van der Waals surface area contributed by atoms with Crippen LogP contribution in [0.3, 0.4) is 0 Å². The van der Waals surface area contributed by atoms with Gasteiger partial charge < -0.3 is 4.57 Å². The van der Waals surface area contributed by atoms with Crippen molar-refractivity contribution in [3.8, 4) is 62.1 Å². The van der Waals surface area contributed by atoms with Crippen LogP contribution in [0.2, 0.25) is 0 Å². The maximum Gasteiger partial charge on any atom is 0.164 e. The highest BCUT2D eigenvalue weighted by molar-refractivity contribution is 6.10. The van der Waals surface area contributed by atoms with Crippen LogP contribution >= 0.6 is 0 Å². The summed E-state index contributed by atoms with van der Waals surface area (Å²) in [6, 6.07) is 63.4. The Kier molecular flexibility index (Phi) is 7.10. The Morgan fingerprint density at radius 3 is 1.39 bits per heavy atom. The minimum Gasteiger partial charge on any atom is -0.309 e. The smallest absolute Gasteiger partial charge is 0.164 e. The lowest BCUT2D eigenvalue weighted by Gasteiger charge is -2.12. The molecule has 4 nitrogen and oxygen atoms in total. The lowest BCUT2D eigenvalue weighted by atomic mass is 10.0. The third kappa shape index (κ3) is 5.35. The first-order valence-corrected chi connectivity index (χ1v) is 16.5. The highest BCUT2D eigenvalue weighted by atomic mass is 15.0. The molecule has 0 radical (unpaired) electrons. The molecule has 230 valence electrons. The summed E-state index contributed by atoms with van der Waals surface area (Å²) in [6.45, 7) is 0. The second-order valence-corrected chi connectivity index (χ2v) is 12.1. The van der Waals surface area contributed by atoms with Gasteiger partial charge in [-0.3, -0.25) is 0 Å². The number of hydrogen-bond donors (Lipinski definition) is 0. The van der Waals surface area contributed by atoms with Gasteiger partial charge in [-0.2, -0.15) is 0 Å². The van der Waals surface area contributed by atoms with Crippen molar-refractivity contribution in [3.63, 3.8) is 0 Å². The molecule has 9 aromatic rings. The van der Waals surface area contributed by atoms with Gasteiger partial charge in [0.2, 0.25) is 0 Å². The van der Waals surface area contributed by atoms with E-state index in [-0.39, 0.29) is 0 Å². The molecule has 0 saturated carbocycles. The molecule has 0 spiro atoms. The second-order valence-electron chi connectivity index (χ2n) is 12.1. The van der Waals surface area contributed by atoms with E-state index in [1.807, 2.05) is 36.4 Å². The molecule has 9 rings (SSSR count). The predicted molar refractivity (Wildman–Crippen MR) is 201 cm³/mol. The molecule has 0 amide bonds. The van der Waals surface area contributed by atoms with E-state index in [4.69, 9.17) is 15.0 Å². The average Bonchev–Trinajstić information content (AvgIpc) is 3.52. The van der Waals surface area contributed by atoms with Gasteiger partial charge in [-0.25, -0.2) is 15.0 Å². The molecule has 2 aromatic heterocycles. The molecule has 0 unspecified atom stereocenters. The van der Waals surface area contributed by atoms with Crippen molar-refractivity contribution in [1.82, 2.24) is 19.5 Å². The third-order valence-electron chi connectivity index (χ3n) is 9.06. The molecule has 0 aliphatic rings. The zero-order valence-corrected chi connectivity index (χ0v) is 26.6. The summed E-state index contributed by atoms with van der Waals surface area (Å²) in [5, 5.41) is 2.46. The Balaban J connectivity index is 1.16. The van der Waals surface area contributed by atoms with Crippen molar-refractivity contribution >= 4 is 21.8 Å². The Morgan fingerprint density at radius 1 is 0.286 bits per heavy atom. The van der Waals surface area contributed by atoms with Gasteiger partial charge in [0.25, 0.3) is 0 Å². The molecule has 0 saturated heterocycles. The Bertz CT molecular complexity index is 2570. The molecule has 0 atom stereocenters. The maximum absolute atomic E-state index is 5.04. The van der Waals surface area contributed by atoms with Gasteiger partial charge in [0.05, 0.1) is 11.0 Å². The van der Waals surface area contributed by atoms with E-state index in [0.29, 0.717) is 17.5 Å². The Hall–Kier alpha value is -6.65. The van der Waals surface area contributed by atoms with E-state index < -0.39 is 0 Å². The molecule has 49 heavy (non-hydrogen) atoms. The first kappa shape index (κ1) is 28.6. The lowest BCUT2D eigenvalue weighted by molar-refractivity contribution is 1.07. The number of hydrogen-bond acceptors (Lipinski definition) is 3. The molecule has 4 heteroatoms. The third-order valence-corrected chi connectivity index (χ3v) is 9.06. The molecular formula is C45H30N4. The van der Waals surface area contributed by atoms with Gasteiger partial charge in [-0.15, -0.1) is 0 Å². The summed E-state index contributed by atoms with van der Waals surface area (Å²) in [7, 11) is 0. The minimum absolute atomic E-state index is 0.633. The predicted octanol–water partition coefficient (Wildman–Crippen LogP) is 11.3. The number of fused-ring (bicyclic) bond motifs is 3. The number of para-hydroxylation sites is 1. The molecule has 0 aliphatic carbocycles. The van der Waals surface area contributed by atoms with Gasteiger partial charge in [-0.1, -0.05) is 140 Å². The van der Waals surface area contributed by atoms with E-state index in [1.165, 1.54) is 32.9 Å². The topological polar surface area (TPSA) is 43.6 Å². The summed E-state index contributed by atoms with van der Waals surface area (Å²) < 4.78 is 2.35. The molecule has 0 aliphatic heterocycles. The van der Waals surface area contributed by atoms with Gasteiger partial charge in [0.1, 0.15) is 0 Å². The largest absolute Gasteiger partial charge is 0.309 e. The number of nitrogens with zero attached hydrogens (tertiary/aromatic N) is 4. The van der Waals surface area contributed by atoms with Crippen molar-refractivity contribution in [1.29, 1.82) is 0 Å². The Morgan fingerprint density at radius 2 is 0.735 bits per heavy atom. The molecule has 0 N–H and O–H groups in total. The number of aromatic nitrogens is 4. The van der Waals surface area contributed by atoms with Crippen LogP contribution in [0, 0.1) is 0 Å². The monoisotopic (exact) mass is 626 g/mol. The number of benzene rings is 7. The van der Waals surface area contributed by atoms with Crippen LogP contribution in [0.15, 0.2) is 182 Å². The van der Waals surface area contributed by atoms with Crippen molar-refractivity contribution in [2.24, 2.45) is 0 Å². The number of rotatable bonds is 6. The second kappa shape index (κ2) is 12.2. The summed E-state index contributed by atoms with van der Waals surface area (Å²) in [5.74, 6) is 1.92. The van der Waals surface area contributed by atoms with Crippen LogP contribution in [0.1, 0.15) is 0 Å². The van der Waals surface area contributed by atoms with Crippen LogP contribution in [0.4, 0.5) is 0 Å². The molecule has 2 heterocycles. The van der Waals surface area contributed by atoms with Crippen LogP contribution in [0.5, 0.6) is 0 Å². The van der Waals surface area contributed by atoms with Crippen LogP contribution in [-0.4, -0.2) is 19.5 Å². The van der Waals surface area contributed by atoms with Gasteiger partial charge in [-0.05, 0) is 64.7 Å². The standard InChI is InChI=1S/C45H30N4/c1-4-13-31(14-5-1)35-19-12-20-37(29-35)45-47-43(33-17-8-3-9-18-33)46-44(48-45)34-23-26-38(27-24-34)49-41-22-11-10-21-39(41)40-28-25-36(30-42(40)49)32-15-6-2-7-16-32/h1-30H. The summed E-state index contributed by atoms with van der Waals surface area (Å²) in [4.78, 5) is 15.0. The highest BCUT2D eigenvalue weighted by Crippen LogP contribution is 2.35. The van der Waals surface area contributed by atoms with E-state index in [0.717, 1.165) is 33.5 Å². The van der Waals surface area contributed by atoms with E-state index >= 15 is 0 Å². The van der Waals surface area contributed by atoms with Crippen molar-refractivity contribution in [2.45, 2.75) is 0 Å². The first-order valence-electron chi connectivity index (χ1n) is 16.5. The summed E-state index contributed by atoms with van der Waals surface area (Å²) >= 11 is 0. The molecule has 0 bridgehead atoms. The van der Waals surface area contributed by atoms with Crippen LogP contribution in [-0.2, 0) is 0 Å². The molecule has 7 aromatic carbocycles. The summed E-state index contributed by atoms with van der Waals surface area (Å²) in [6.07, 6.45) is 0. The highest BCUT2D eigenvalue weighted by Gasteiger charge is 2.16. The fourth-order valence-electron chi connectivity index (χ4n) is 6.64. The molecular weight excluding hydrogens is 597 g/mol. The fraction of sp³-hybridized carbons (Fsp3) is 0. The lowest BCUT2D eigenvalue weighted by Crippen LogP contribution is -2.00. The van der Waals surface area contributed by atoms with E-state index in [1.54, 1.807) is 0 Å². The molecule has 0 fully saturated rings. The van der Waals surface area contributed by atoms with Gasteiger partial charge >= 0.3 is 0 Å². The van der Waals surface area contributed by atoms with Gasteiger partial charge in [0.15, 0.2) is 17.5 Å². The first-order chi connectivity index (χ1) is 24.3. The summed E-state index contributed by atoms with van der Waals surface area (Å²) in [5.41, 5.74) is 10.9. The zero-order valence-electron chi connectivity index (χ0n) is 26.6.